The van der Waals surface area contributed by atoms with Crippen molar-refractivity contribution in [2.24, 2.45) is 0 Å². The topological polar surface area (TPSA) is 56.1 Å². The molecule has 1 saturated heterocycles. The van der Waals surface area contributed by atoms with E-state index in [-0.39, 0.29) is 11.5 Å². The van der Waals surface area contributed by atoms with Gasteiger partial charge >= 0.3 is 0 Å². The molecule has 1 fully saturated rings. The minimum absolute atomic E-state index is 0.00105. The highest BCUT2D eigenvalue weighted by Crippen LogP contribution is 2.12. The summed E-state index contributed by atoms with van der Waals surface area (Å²) in [5, 5.41) is 11.5. The second-order valence-corrected chi connectivity index (χ2v) is 3.99. The highest BCUT2D eigenvalue weighted by atomic mass is 19.1. The van der Waals surface area contributed by atoms with Crippen LogP contribution in [0.25, 0.3) is 0 Å². The Morgan fingerprint density at radius 2 is 2.35 bits per heavy atom. The normalized spacial score (nSPS) is 16.4. The first-order valence-corrected chi connectivity index (χ1v) is 5.36. The molecule has 0 radical (unpaired) electrons. The van der Waals surface area contributed by atoms with E-state index in [0.29, 0.717) is 19.6 Å². The standard InChI is InChI=1S/C12H12FN3O/c13-11-2-1-9(5-10(11)6-14)7-16-4-3-15-12(17)8-16/h1-2,5H,3-4,7-8H2,(H,15,17). The molecule has 0 saturated carbocycles. The van der Waals surface area contributed by atoms with E-state index in [0.717, 1.165) is 12.1 Å². The molecule has 5 heteroatoms. The predicted molar refractivity (Wildman–Crippen MR) is 59.4 cm³/mol. The van der Waals surface area contributed by atoms with Crippen LogP contribution in [0.4, 0.5) is 4.39 Å². The summed E-state index contributed by atoms with van der Waals surface area (Å²) in [5.74, 6) is -0.508. The number of hydrogen-bond donors (Lipinski definition) is 1. The quantitative estimate of drug-likeness (QED) is 0.815. The van der Waals surface area contributed by atoms with Crippen LogP contribution in [-0.2, 0) is 11.3 Å². The minimum atomic E-state index is -0.507. The van der Waals surface area contributed by atoms with E-state index in [1.165, 1.54) is 12.1 Å². The number of nitrogens with one attached hydrogen (secondary N) is 1. The van der Waals surface area contributed by atoms with Gasteiger partial charge in [0.15, 0.2) is 0 Å². The Morgan fingerprint density at radius 3 is 3.06 bits per heavy atom. The number of nitriles is 1. The van der Waals surface area contributed by atoms with Crippen LogP contribution in [0.5, 0.6) is 0 Å². The van der Waals surface area contributed by atoms with Crippen molar-refractivity contribution >= 4 is 5.91 Å². The molecule has 0 bridgehead atoms. The Hall–Kier alpha value is -1.93. The maximum absolute atomic E-state index is 13.1. The second-order valence-electron chi connectivity index (χ2n) is 3.99. The Balaban J connectivity index is 2.08. The largest absolute Gasteiger partial charge is 0.354 e. The van der Waals surface area contributed by atoms with E-state index >= 15 is 0 Å². The van der Waals surface area contributed by atoms with Gasteiger partial charge in [-0.25, -0.2) is 4.39 Å². The molecule has 1 aromatic rings. The molecule has 4 nitrogen and oxygen atoms in total. The molecule has 1 aliphatic heterocycles. The smallest absolute Gasteiger partial charge is 0.234 e. The molecule has 1 N–H and O–H groups in total. The molecular formula is C12H12FN3O. The molecule has 0 aliphatic carbocycles. The molecule has 0 spiro atoms. The van der Waals surface area contributed by atoms with Crippen molar-refractivity contribution in [3.8, 4) is 6.07 Å². The summed E-state index contributed by atoms with van der Waals surface area (Å²) in [6, 6.07) is 6.27. The average molecular weight is 233 g/mol. The van der Waals surface area contributed by atoms with Gasteiger partial charge in [-0.15, -0.1) is 0 Å². The number of carbonyl (C=O) groups is 1. The number of nitrogens with zero attached hydrogens (tertiary/aromatic N) is 2. The molecule has 0 atom stereocenters. The zero-order valence-corrected chi connectivity index (χ0v) is 9.24. The van der Waals surface area contributed by atoms with Crippen molar-refractivity contribution in [3.63, 3.8) is 0 Å². The lowest BCUT2D eigenvalue weighted by molar-refractivity contribution is -0.124. The summed E-state index contributed by atoms with van der Waals surface area (Å²) in [6.07, 6.45) is 0. The third-order valence-corrected chi connectivity index (χ3v) is 2.67. The van der Waals surface area contributed by atoms with Crippen LogP contribution in [0.1, 0.15) is 11.1 Å². The highest BCUT2D eigenvalue weighted by Gasteiger charge is 2.16. The fourth-order valence-corrected chi connectivity index (χ4v) is 1.84. The zero-order valence-electron chi connectivity index (χ0n) is 9.24. The third kappa shape index (κ3) is 2.80. The molecule has 17 heavy (non-hydrogen) atoms. The van der Waals surface area contributed by atoms with Crippen molar-refractivity contribution in [1.29, 1.82) is 5.26 Å². The van der Waals surface area contributed by atoms with Crippen LogP contribution in [0, 0.1) is 17.1 Å². The lowest BCUT2D eigenvalue weighted by atomic mass is 10.1. The van der Waals surface area contributed by atoms with Gasteiger partial charge in [0, 0.05) is 19.6 Å². The number of hydrogen-bond acceptors (Lipinski definition) is 3. The summed E-state index contributed by atoms with van der Waals surface area (Å²) in [5.41, 5.74) is 0.890. The molecule has 1 heterocycles. The summed E-state index contributed by atoms with van der Waals surface area (Å²) in [6.45, 7) is 2.30. The minimum Gasteiger partial charge on any atom is -0.354 e. The Labute approximate surface area is 98.6 Å². The van der Waals surface area contributed by atoms with Gasteiger partial charge in [-0.3, -0.25) is 9.69 Å². The second kappa shape index (κ2) is 4.93. The maximum atomic E-state index is 13.1. The molecular weight excluding hydrogens is 221 g/mol. The van der Waals surface area contributed by atoms with Crippen LogP contribution in [0.15, 0.2) is 18.2 Å². The lowest BCUT2D eigenvalue weighted by Gasteiger charge is -2.26. The van der Waals surface area contributed by atoms with E-state index < -0.39 is 5.82 Å². The number of carbonyl (C=O) groups excluding carboxylic acids is 1. The number of halogens is 1. The van der Waals surface area contributed by atoms with Gasteiger partial charge in [0.25, 0.3) is 0 Å². The van der Waals surface area contributed by atoms with Gasteiger partial charge in [-0.1, -0.05) is 6.07 Å². The first-order chi connectivity index (χ1) is 8.19. The average Bonchev–Trinajstić information content (AvgIpc) is 2.32. The van der Waals surface area contributed by atoms with E-state index in [1.807, 2.05) is 11.0 Å². The lowest BCUT2D eigenvalue weighted by Crippen LogP contribution is -2.47. The van der Waals surface area contributed by atoms with Gasteiger partial charge in [0.2, 0.25) is 5.91 Å². The third-order valence-electron chi connectivity index (χ3n) is 2.67. The highest BCUT2D eigenvalue weighted by molar-refractivity contribution is 5.78. The fraction of sp³-hybridized carbons (Fsp3) is 0.333. The van der Waals surface area contributed by atoms with E-state index in [1.54, 1.807) is 6.07 Å². The molecule has 2 rings (SSSR count). The number of benzene rings is 1. The van der Waals surface area contributed by atoms with Crippen molar-refractivity contribution in [2.75, 3.05) is 19.6 Å². The molecule has 0 unspecified atom stereocenters. The molecule has 0 aromatic heterocycles. The molecule has 1 amide bonds. The summed E-state index contributed by atoms with van der Waals surface area (Å²) in [4.78, 5) is 13.1. The van der Waals surface area contributed by atoms with E-state index in [4.69, 9.17) is 5.26 Å². The predicted octanol–water partition coefficient (Wildman–Crippen LogP) is 0.629. The van der Waals surface area contributed by atoms with Gasteiger partial charge in [0.05, 0.1) is 12.1 Å². The van der Waals surface area contributed by atoms with Crippen LogP contribution >= 0.6 is 0 Å². The Bertz CT molecular complexity index is 481. The fourth-order valence-electron chi connectivity index (χ4n) is 1.84. The molecule has 88 valence electrons. The van der Waals surface area contributed by atoms with Gasteiger partial charge < -0.3 is 5.32 Å². The van der Waals surface area contributed by atoms with Crippen LogP contribution in [-0.4, -0.2) is 30.4 Å². The summed E-state index contributed by atoms with van der Waals surface area (Å²) in [7, 11) is 0. The van der Waals surface area contributed by atoms with Gasteiger partial charge in [0.1, 0.15) is 11.9 Å². The maximum Gasteiger partial charge on any atom is 0.234 e. The number of amides is 1. The van der Waals surface area contributed by atoms with E-state index in [2.05, 4.69) is 5.32 Å². The Kier molecular flexibility index (Phi) is 3.35. The zero-order chi connectivity index (χ0) is 12.3. The van der Waals surface area contributed by atoms with Crippen LogP contribution in [0.2, 0.25) is 0 Å². The Morgan fingerprint density at radius 1 is 1.53 bits per heavy atom. The monoisotopic (exact) mass is 233 g/mol. The van der Waals surface area contributed by atoms with Crippen LogP contribution < -0.4 is 5.32 Å². The first kappa shape index (κ1) is 11.6. The van der Waals surface area contributed by atoms with Gasteiger partial charge in [-0.2, -0.15) is 5.26 Å². The van der Waals surface area contributed by atoms with Crippen molar-refractivity contribution < 1.29 is 9.18 Å². The number of piperazine rings is 1. The van der Waals surface area contributed by atoms with Crippen molar-refractivity contribution in [3.05, 3.63) is 35.1 Å². The SMILES string of the molecule is N#Cc1cc(CN2CCNC(=O)C2)ccc1F. The van der Waals surface area contributed by atoms with Crippen LogP contribution in [0.3, 0.4) is 0 Å². The molecule has 1 aliphatic rings. The molecule has 1 aromatic carbocycles. The number of rotatable bonds is 2. The van der Waals surface area contributed by atoms with Crippen molar-refractivity contribution in [2.45, 2.75) is 6.54 Å². The summed E-state index contributed by atoms with van der Waals surface area (Å²) >= 11 is 0. The van der Waals surface area contributed by atoms with E-state index in [9.17, 15) is 9.18 Å². The summed E-state index contributed by atoms with van der Waals surface area (Å²) < 4.78 is 13.1. The first-order valence-electron chi connectivity index (χ1n) is 5.36. The van der Waals surface area contributed by atoms with Crippen molar-refractivity contribution in [1.82, 2.24) is 10.2 Å². The van der Waals surface area contributed by atoms with Gasteiger partial charge in [-0.05, 0) is 17.7 Å².